The molecular formula is C19H24N2O5S. The van der Waals surface area contributed by atoms with E-state index >= 15 is 0 Å². The second-order valence-corrected chi connectivity index (χ2v) is 7.86. The molecule has 0 aliphatic carbocycles. The summed E-state index contributed by atoms with van der Waals surface area (Å²) < 4.78 is 35.9. The van der Waals surface area contributed by atoms with E-state index in [1.165, 1.54) is 18.5 Å². The van der Waals surface area contributed by atoms with Crippen molar-refractivity contribution in [3.8, 4) is 11.5 Å². The average Bonchev–Trinajstić information content (AvgIpc) is 2.66. The van der Waals surface area contributed by atoms with E-state index in [2.05, 4.69) is 5.32 Å². The first kappa shape index (κ1) is 20.7. The number of hydrogen-bond acceptors (Lipinski definition) is 5. The summed E-state index contributed by atoms with van der Waals surface area (Å²) >= 11 is 0. The Morgan fingerprint density at radius 1 is 1.00 bits per heavy atom. The number of nitrogens with one attached hydrogen (secondary N) is 1. The minimum Gasteiger partial charge on any atom is -0.496 e. The van der Waals surface area contributed by atoms with Crippen LogP contribution in [0.3, 0.4) is 0 Å². The van der Waals surface area contributed by atoms with Crippen molar-refractivity contribution in [2.24, 2.45) is 0 Å². The number of carbonyl (C=O) groups excluding carboxylic acids is 1. The van der Waals surface area contributed by atoms with Crippen molar-refractivity contribution < 1.29 is 22.7 Å². The minimum absolute atomic E-state index is 0.150. The molecule has 0 unspecified atom stereocenters. The normalized spacial score (nSPS) is 11.3. The number of carbonyl (C=O) groups is 1. The van der Waals surface area contributed by atoms with Crippen LogP contribution in [0.25, 0.3) is 0 Å². The van der Waals surface area contributed by atoms with Gasteiger partial charge in [0.15, 0.2) is 0 Å². The zero-order chi connectivity index (χ0) is 19.9. The second kappa shape index (κ2) is 9.38. The van der Waals surface area contributed by atoms with E-state index in [0.29, 0.717) is 11.5 Å². The van der Waals surface area contributed by atoms with E-state index in [1.54, 1.807) is 18.2 Å². The fourth-order valence-corrected chi connectivity index (χ4v) is 3.41. The van der Waals surface area contributed by atoms with Crippen molar-refractivity contribution in [1.82, 2.24) is 9.62 Å². The van der Waals surface area contributed by atoms with Gasteiger partial charge >= 0.3 is 0 Å². The quantitative estimate of drug-likeness (QED) is 0.705. The Balaban J connectivity index is 2.06. The number of benzene rings is 2. The summed E-state index contributed by atoms with van der Waals surface area (Å²) in [6, 6.07) is 14.3. The predicted octanol–water partition coefficient (Wildman–Crippen LogP) is 1.90. The van der Waals surface area contributed by atoms with Crippen LogP contribution in [-0.4, -0.2) is 52.2 Å². The molecule has 0 fully saturated rings. The molecule has 0 radical (unpaired) electrons. The third-order valence-electron chi connectivity index (χ3n) is 3.97. The van der Waals surface area contributed by atoms with Gasteiger partial charge in [0.2, 0.25) is 10.0 Å². The Morgan fingerprint density at radius 3 is 2.11 bits per heavy atom. The van der Waals surface area contributed by atoms with Crippen LogP contribution >= 0.6 is 0 Å². The van der Waals surface area contributed by atoms with E-state index in [0.717, 1.165) is 11.8 Å². The molecule has 0 heterocycles. The van der Waals surface area contributed by atoms with Gasteiger partial charge in [-0.2, -0.15) is 4.31 Å². The van der Waals surface area contributed by atoms with Crippen molar-refractivity contribution in [2.75, 3.05) is 33.6 Å². The highest BCUT2D eigenvalue weighted by molar-refractivity contribution is 7.88. The fourth-order valence-electron chi connectivity index (χ4n) is 2.61. The summed E-state index contributed by atoms with van der Waals surface area (Å²) in [5, 5.41) is 2.73. The second-order valence-electron chi connectivity index (χ2n) is 5.88. The molecule has 0 atom stereocenters. The van der Waals surface area contributed by atoms with Crippen LogP contribution in [0.5, 0.6) is 11.5 Å². The van der Waals surface area contributed by atoms with Gasteiger partial charge in [0.1, 0.15) is 17.1 Å². The van der Waals surface area contributed by atoms with Gasteiger partial charge in [-0.1, -0.05) is 36.4 Å². The number of nitrogens with zero attached hydrogens (tertiary/aromatic N) is 1. The van der Waals surface area contributed by atoms with Gasteiger partial charge in [-0.05, 0) is 17.7 Å². The Kier molecular flexibility index (Phi) is 7.20. The van der Waals surface area contributed by atoms with Gasteiger partial charge in [-0.25, -0.2) is 8.42 Å². The highest BCUT2D eigenvalue weighted by Crippen LogP contribution is 2.27. The molecule has 27 heavy (non-hydrogen) atoms. The smallest absolute Gasteiger partial charge is 0.258 e. The SMILES string of the molecule is COc1cccc(OC)c1C(=O)NCCN(Cc1ccccc1)S(C)(=O)=O. The molecule has 8 heteroatoms. The topological polar surface area (TPSA) is 84.9 Å². The molecule has 7 nitrogen and oxygen atoms in total. The Bertz CT molecular complexity index is 847. The number of amides is 1. The van der Waals surface area contributed by atoms with Crippen molar-refractivity contribution in [1.29, 1.82) is 0 Å². The van der Waals surface area contributed by atoms with E-state index in [4.69, 9.17) is 9.47 Å². The Morgan fingerprint density at radius 2 is 1.59 bits per heavy atom. The zero-order valence-electron chi connectivity index (χ0n) is 15.6. The highest BCUT2D eigenvalue weighted by Gasteiger charge is 2.20. The van der Waals surface area contributed by atoms with E-state index in [9.17, 15) is 13.2 Å². The molecule has 0 saturated heterocycles. The van der Waals surface area contributed by atoms with Gasteiger partial charge < -0.3 is 14.8 Å². The lowest BCUT2D eigenvalue weighted by Crippen LogP contribution is -2.37. The van der Waals surface area contributed by atoms with Gasteiger partial charge in [-0.15, -0.1) is 0 Å². The maximum absolute atomic E-state index is 12.6. The van der Waals surface area contributed by atoms with Gasteiger partial charge in [0.05, 0.1) is 20.5 Å². The highest BCUT2D eigenvalue weighted by atomic mass is 32.2. The molecular weight excluding hydrogens is 368 g/mol. The summed E-state index contributed by atoms with van der Waals surface area (Å²) in [6.45, 7) is 0.546. The van der Waals surface area contributed by atoms with Crippen LogP contribution in [0.1, 0.15) is 15.9 Å². The molecule has 0 aromatic heterocycles. The molecule has 1 N–H and O–H groups in total. The van der Waals surface area contributed by atoms with Crippen LogP contribution in [0.4, 0.5) is 0 Å². The monoisotopic (exact) mass is 392 g/mol. The molecule has 146 valence electrons. The third kappa shape index (κ3) is 5.70. The lowest BCUT2D eigenvalue weighted by Gasteiger charge is -2.20. The van der Waals surface area contributed by atoms with Crippen LogP contribution < -0.4 is 14.8 Å². The summed E-state index contributed by atoms with van der Waals surface area (Å²) in [5.74, 6) is 0.379. The number of sulfonamides is 1. The van der Waals surface area contributed by atoms with Gasteiger partial charge in [-0.3, -0.25) is 4.79 Å². The molecule has 0 bridgehead atoms. The summed E-state index contributed by atoms with van der Waals surface area (Å²) in [7, 11) is -0.481. The molecule has 1 amide bonds. The third-order valence-corrected chi connectivity index (χ3v) is 5.22. The van der Waals surface area contributed by atoms with Crippen LogP contribution in [0.2, 0.25) is 0 Å². The maximum Gasteiger partial charge on any atom is 0.258 e. The van der Waals surface area contributed by atoms with Gasteiger partial charge in [0.25, 0.3) is 5.91 Å². The number of hydrogen-bond donors (Lipinski definition) is 1. The summed E-state index contributed by atoms with van der Waals surface area (Å²) in [5.41, 5.74) is 1.15. The van der Waals surface area contributed by atoms with Gasteiger partial charge in [0, 0.05) is 19.6 Å². The first-order valence-electron chi connectivity index (χ1n) is 8.35. The van der Waals surface area contributed by atoms with Crippen molar-refractivity contribution >= 4 is 15.9 Å². The van der Waals surface area contributed by atoms with E-state index < -0.39 is 15.9 Å². The number of ether oxygens (including phenoxy) is 2. The number of rotatable bonds is 9. The molecule has 2 aromatic carbocycles. The molecule has 2 rings (SSSR count). The minimum atomic E-state index is -3.42. The summed E-state index contributed by atoms with van der Waals surface area (Å²) in [4.78, 5) is 12.6. The van der Waals surface area contributed by atoms with E-state index in [-0.39, 0.29) is 25.2 Å². The molecule has 2 aromatic rings. The van der Waals surface area contributed by atoms with Crippen molar-refractivity contribution in [3.63, 3.8) is 0 Å². The van der Waals surface area contributed by atoms with Crippen molar-refractivity contribution in [3.05, 3.63) is 59.7 Å². The van der Waals surface area contributed by atoms with Crippen LogP contribution in [-0.2, 0) is 16.6 Å². The fraction of sp³-hybridized carbons (Fsp3) is 0.316. The molecule has 0 spiro atoms. The zero-order valence-corrected chi connectivity index (χ0v) is 16.5. The average molecular weight is 392 g/mol. The molecule has 0 aliphatic rings. The Labute approximate surface area is 160 Å². The standard InChI is InChI=1S/C19H24N2O5S/c1-25-16-10-7-11-17(26-2)18(16)19(22)20-12-13-21(27(3,23)24)14-15-8-5-4-6-9-15/h4-11H,12-14H2,1-3H3,(H,20,22). The Hall–Kier alpha value is -2.58. The van der Waals surface area contributed by atoms with Crippen molar-refractivity contribution in [2.45, 2.75) is 6.54 Å². The lowest BCUT2D eigenvalue weighted by molar-refractivity contribution is 0.0945. The molecule has 0 saturated carbocycles. The molecule has 0 aliphatic heterocycles. The largest absolute Gasteiger partial charge is 0.496 e. The maximum atomic E-state index is 12.6. The predicted molar refractivity (Wildman–Crippen MR) is 104 cm³/mol. The van der Waals surface area contributed by atoms with E-state index in [1.807, 2.05) is 30.3 Å². The first-order chi connectivity index (χ1) is 12.9. The van der Waals surface area contributed by atoms with Crippen LogP contribution in [0, 0.1) is 0 Å². The first-order valence-corrected chi connectivity index (χ1v) is 10.2. The summed E-state index contributed by atoms with van der Waals surface area (Å²) in [6.07, 6.45) is 1.15. The van der Waals surface area contributed by atoms with Crippen LogP contribution in [0.15, 0.2) is 48.5 Å². The number of methoxy groups -OCH3 is 2. The lowest BCUT2D eigenvalue weighted by atomic mass is 10.1.